The summed E-state index contributed by atoms with van der Waals surface area (Å²) in [6.45, 7) is 3.73. The summed E-state index contributed by atoms with van der Waals surface area (Å²) < 4.78 is 47.3. The minimum atomic E-state index is -1.17. The molecule has 3 rings (SSSR count). The Balaban J connectivity index is 1.81. The van der Waals surface area contributed by atoms with Crippen LogP contribution in [-0.2, 0) is 0 Å². The molecule has 138 valence electrons. The van der Waals surface area contributed by atoms with Gasteiger partial charge in [-0.05, 0) is 60.9 Å². The van der Waals surface area contributed by atoms with Gasteiger partial charge in [-0.15, -0.1) is 0 Å². The van der Waals surface area contributed by atoms with E-state index < -0.39 is 29.0 Å². The van der Waals surface area contributed by atoms with Crippen LogP contribution in [0.15, 0.2) is 30.3 Å². The van der Waals surface area contributed by atoms with E-state index in [4.69, 9.17) is 4.74 Å². The van der Waals surface area contributed by atoms with Crippen LogP contribution in [0.5, 0.6) is 5.75 Å². The van der Waals surface area contributed by atoms with Crippen molar-refractivity contribution in [3.05, 3.63) is 64.5 Å². The van der Waals surface area contributed by atoms with Gasteiger partial charge in [-0.1, -0.05) is 25.8 Å². The summed E-state index contributed by atoms with van der Waals surface area (Å²) in [7, 11) is 0. The lowest BCUT2D eigenvalue weighted by molar-refractivity contribution is 0.0724. The molecule has 0 aromatic heterocycles. The maximum absolute atomic E-state index is 14.4. The number of hydrogen-bond donors (Lipinski definition) is 0. The Morgan fingerprint density at radius 1 is 0.962 bits per heavy atom. The van der Waals surface area contributed by atoms with E-state index in [1.54, 1.807) is 6.92 Å². The third-order valence-electron chi connectivity index (χ3n) is 5.11. The zero-order valence-electron chi connectivity index (χ0n) is 14.8. The van der Waals surface area contributed by atoms with Crippen LogP contribution in [0.4, 0.5) is 13.2 Å². The summed E-state index contributed by atoms with van der Waals surface area (Å²) in [5, 5.41) is 0. The van der Waals surface area contributed by atoms with Crippen molar-refractivity contribution in [1.82, 2.24) is 0 Å². The molecule has 0 N–H and O–H groups in total. The van der Waals surface area contributed by atoms with Crippen molar-refractivity contribution >= 4 is 5.97 Å². The van der Waals surface area contributed by atoms with Gasteiger partial charge in [0.05, 0.1) is 0 Å². The second kappa shape index (κ2) is 7.52. The van der Waals surface area contributed by atoms with Gasteiger partial charge in [0.1, 0.15) is 28.8 Å². The number of aryl methyl sites for hydroxylation is 1. The van der Waals surface area contributed by atoms with Gasteiger partial charge in [-0.25, -0.2) is 18.0 Å². The average Bonchev–Trinajstić information content (AvgIpc) is 2.58. The highest BCUT2D eigenvalue weighted by Gasteiger charge is 2.25. The zero-order chi connectivity index (χ0) is 18.8. The molecular formula is C21H21F3O2. The first-order valence-electron chi connectivity index (χ1n) is 8.82. The molecule has 0 spiro atoms. The normalized spacial score (nSPS) is 20.0. The molecule has 0 atom stereocenters. The predicted molar refractivity (Wildman–Crippen MR) is 92.8 cm³/mol. The van der Waals surface area contributed by atoms with E-state index in [1.165, 1.54) is 24.3 Å². The molecule has 2 aromatic rings. The molecule has 0 amide bonds. The number of halogens is 3. The predicted octanol–water partition coefficient (Wildman–Crippen LogP) is 5.93. The lowest BCUT2D eigenvalue weighted by Gasteiger charge is -2.26. The molecule has 1 aliphatic rings. The Hall–Kier alpha value is -2.30. The van der Waals surface area contributed by atoms with Crippen LogP contribution >= 0.6 is 0 Å². The molecular weight excluding hydrogens is 341 g/mol. The summed E-state index contributed by atoms with van der Waals surface area (Å²) in [5.74, 6) is -2.99. The zero-order valence-corrected chi connectivity index (χ0v) is 14.8. The van der Waals surface area contributed by atoms with Crippen molar-refractivity contribution in [2.24, 2.45) is 5.92 Å². The molecule has 1 fully saturated rings. The largest absolute Gasteiger partial charge is 0.423 e. The molecule has 1 aliphatic carbocycles. The molecule has 0 heterocycles. The lowest BCUT2D eigenvalue weighted by Crippen LogP contribution is -2.16. The van der Waals surface area contributed by atoms with Gasteiger partial charge in [0.25, 0.3) is 0 Å². The van der Waals surface area contributed by atoms with Gasteiger partial charge in [-0.3, -0.25) is 0 Å². The lowest BCUT2D eigenvalue weighted by atomic mass is 9.79. The number of benzene rings is 2. The summed E-state index contributed by atoms with van der Waals surface area (Å²) in [6.07, 6.45) is 3.81. The first-order valence-corrected chi connectivity index (χ1v) is 8.82. The SMILES string of the molecule is Cc1ccc(OC(=O)c2c(F)cc(C3CCC(C)CC3)cc2F)cc1F. The molecule has 0 unspecified atom stereocenters. The molecule has 1 saturated carbocycles. The van der Waals surface area contributed by atoms with E-state index in [0.717, 1.165) is 31.7 Å². The van der Waals surface area contributed by atoms with Crippen LogP contribution in [-0.4, -0.2) is 5.97 Å². The van der Waals surface area contributed by atoms with Crippen molar-refractivity contribution in [3.63, 3.8) is 0 Å². The third-order valence-corrected chi connectivity index (χ3v) is 5.11. The summed E-state index contributed by atoms with van der Waals surface area (Å²) in [6, 6.07) is 6.26. The Kier molecular flexibility index (Phi) is 5.35. The van der Waals surface area contributed by atoms with Crippen molar-refractivity contribution in [1.29, 1.82) is 0 Å². The molecule has 2 nitrogen and oxygen atoms in total. The molecule has 0 saturated heterocycles. The fraction of sp³-hybridized carbons (Fsp3) is 0.381. The van der Waals surface area contributed by atoms with Crippen molar-refractivity contribution in [2.75, 3.05) is 0 Å². The Morgan fingerprint density at radius 3 is 2.15 bits per heavy atom. The number of esters is 1. The van der Waals surface area contributed by atoms with E-state index in [1.807, 2.05) is 0 Å². The maximum atomic E-state index is 14.4. The van der Waals surface area contributed by atoms with Crippen LogP contribution in [0.3, 0.4) is 0 Å². The Labute approximate surface area is 151 Å². The first kappa shape index (κ1) is 18.5. The van der Waals surface area contributed by atoms with Crippen LogP contribution in [0.1, 0.15) is 60.0 Å². The summed E-state index contributed by atoms with van der Waals surface area (Å²) in [4.78, 5) is 12.2. The van der Waals surface area contributed by atoms with E-state index in [-0.39, 0.29) is 11.7 Å². The fourth-order valence-electron chi connectivity index (χ4n) is 3.41. The number of ether oxygens (including phenoxy) is 1. The fourth-order valence-corrected chi connectivity index (χ4v) is 3.41. The van der Waals surface area contributed by atoms with Gasteiger partial charge >= 0.3 is 5.97 Å². The topological polar surface area (TPSA) is 26.3 Å². The van der Waals surface area contributed by atoms with Crippen molar-refractivity contribution < 1.29 is 22.7 Å². The third kappa shape index (κ3) is 3.92. The van der Waals surface area contributed by atoms with Gasteiger partial charge in [-0.2, -0.15) is 0 Å². The molecule has 0 bridgehead atoms. The van der Waals surface area contributed by atoms with E-state index >= 15 is 0 Å². The highest BCUT2D eigenvalue weighted by molar-refractivity contribution is 5.91. The summed E-state index contributed by atoms with van der Waals surface area (Å²) >= 11 is 0. The standard InChI is InChI=1S/C21H21F3O2/c1-12-3-6-14(7-4-12)15-9-18(23)20(19(24)10-15)21(25)26-16-8-5-13(2)17(22)11-16/h5,8-12,14H,3-4,6-7H2,1-2H3. The molecule has 0 radical (unpaired) electrons. The Bertz CT molecular complexity index is 801. The molecule has 2 aromatic carbocycles. The van der Waals surface area contributed by atoms with E-state index in [9.17, 15) is 18.0 Å². The Morgan fingerprint density at radius 2 is 1.58 bits per heavy atom. The van der Waals surface area contributed by atoms with Crippen LogP contribution < -0.4 is 4.74 Å². The average molecular weight is 362 g/mol. The van der Waals surface area contributed by atoms with Crippen LogP contribution in [0.2, 0.25) is 0 Å². The highest BCUT2D eigenvalue weighted by Crippen LogP contribution is 2.36. The molecule has 5 heteroatoms. The van der Waals surface area contributed by atoms with Gasteiger partial charge in [0.2, 0.25) is 0 Å². The highest BCUT2D eigenvalue weighted by atomic mass is 19.1. The maximum Gasteiger partial charge on any atom is 0.349 e. The van der Waals surface area contributed by atoms with Crippen LogP contribution in [0, 0.1) is 30.3 Å². The number of carbonyl (C=O) groups excluding carboxylic acids is 1. The van der Waals surface area contributed by atoms with Crippen molar-refractivity contribution in [3.8, 4) is 5.75 Å². The number of rotatable bonds is 3. The number of carbonyl (C=O) groups is 1. The van der Waals surface area contributed by atoms with E-state index in [0.29, 0.717) is 17.0 Å². The smallest absolute Gasteiger partial charge is 0.349 e. The minimum Gasteiger partial charge on any atom is -0.423 e. The number of hydrogen-bond acceptors (Lipinski definition) is 2. The van der Waals surface area contributed by atoms with Gasteiger partial charge in [0.15, 0.2) is 0 Å². The minimum absolute atomic E-state index is 0.0951. The first-order chi connectivity index (χ1) is 12.3. The van der Waals surface area contributed by atoms with Crippen molar-refractivity contribution in [2.45, 2.75) is 45.4 Å². The summed E-state index contributed by atoms with van der Waals surface area (Å²) in [5.41, 5.74) is 0.206. The van der Waals surface area contributed by atoms with Crippen LogP contribution in [0.25, 0.3) is 0 Å². The molecule has 26 heavy (non-hydrogen) atoms. The van der Waals surface area contributed by atoms with Gasteiger partial charge < -0.3 is 4.74 Å². The van der Waals surface area contributed by atoms with E-state index in [2.05, 4.69) is 6.92 Å². The van der Waals surface area contributed by atoms with Gasteiger partial charge in [0, 0.05) is 6.07 Å². The second-order valence-electron chi connectivity index (χ2n) is 7.12. The quantitative estimate of drug-likeness (QED) is 0.500. The molecule has 0 aliphatic heterocycles. The monoisotopic (exact) mass is 362 g/mol. The second-order valence-corrected chi connectivity index (χ2v) is 7.12.